The first-order chi connectivity index (χ1) is 5.13. The number of rotatable bonds is 5. The maximum atomic E-state index is 5.58. The van der Waals surface area contributed by atoms with Gasteiger partial charge in [0.1, 0.15) is 0 Å². The Morgan fingerprint density at radius 2 is 1.91 bits per heavy atom. The molecule has 0 aromatic heterocycles. The SMILES string of the molecule is CCCN(C)C(C)C(C)CN. The van der Waals surface area contributed by atoms with E-state index in [0.29, 0.717) is 12.0 Å². The Bertz CT molecular complexity index is 93.6. The van der Waals surface area contributed by atoms with Gasteiger partial charge in [-0.05, 0) is 39.4 Å². The lowest BCUT2D eigenvalue weighted by Crippen LogP contribution is -2.37. The van der Waals surface area contributed by atoms with Gasteiger partial charge in [0.15, 0.2) is 0 Å². The second-order valence-corrected chi connectivity index (χ2v) is 3.43. The fourth-order valence-electron chi connectivity index (χ4n) is 1.19. The van der Waals surface area contributed by atoms with Crippen LogP contribution in [0.3, 0.4) is 0 Å². The van der Waals surface area contributed by atoms with Gasteiger partial charge >= 0.3 is 0 Å². The maximum absolute atomic E-state index is 5.58. The quantitative estimate of drug-likeness (QED) is 0.653. The van der Waals surface area contributed by atoms with Gasteiger partial charge in [-0.3, -0.25) is 0 Å². The van der Waals surface area contributed by atoms with E-state index in [4.69, 9.17) is 5.73 Å². The topological polar surface area (TPSA) is 29.3 Å². The van der Waals surface area contributed by atoms with Gasteiger partial charge in [-0.1, -0.05) is 13.8 Å². The molecule has 0 spiro atoms. The first kappa shape index (κ1) is 10.9. The lowest BCUT2D eigenvalue weighted by molar-refractivity contribution is 0.202. The second kappa shape index (κ2) is 5.56. The van der Waals surface area contributed by atoms with E-state index in [0.717, 1.165) is 6.54 Å². The maximum Gasteiger partial charge on any atom is 0.0101 e. The Balaban J connectivity index is 3.70. The van der Waals surface area contributed by atoms with Crippen molar-refractivity contribution < 1.29 is 0 Å². The Labute approximate surface area is 70.8 Å². The van der Waals surface area contributed by atoms with Gasteiger partial charge in [0.25, 0.3) is 0 Å². The number of hydrogen-bond donors (Lipinski definition) is 1. The third-order valence-electron chi connectivity index (χ3n) is 2.47. The molecule has 0 bridgehead atoms. The predicted octanol–water partition coefficient (Wildman–Crippen LogP) is 1.31. The summed E-state index contributed by atoms with van der Waals surface area (Å²) in [6, 6.07) is 0.611. The summed E-state index contributed by atoms with van der Waals surface area (Å²) in [5, 5.41) is 0. The van der Waals surface area contributed by atoms with Crippen LogP contribution in [-0.4, -0.2) is 31.1 Å². The molecule has 2 N–H and O–H groups in total. The Morgan fingerprint density at radius 3 is 2.27 bits per heavy atom. The minimum absolute atomic E-state index is 0.603. The second-order valence-electron chi connectivity index (χ2n) is 3.43. The number of nitrogens with two attached hydrogens (primary N) is 1. The molecule has 0 aromatic carbocycles. The molecule has 0 aromatic rings. The van der Waals surface area contributed by atoms with Crippen LogP contribution in [0.5, 0.6) is 0 Å². The lowest BCUT2D eigenvalue weighted by atomic mass is 10.0. The van der Waals surface area contributed by atoms with Crippen LogP contribution >= 0.6 is 0 Å². The van der Waals surface area contributed by atoms with Crippen molar-refractivity contribution in [3.63, 3.8) is 0 Å². The summed E-state index contributed by atoms with van der Waals surface area (Å²) < 4.78 is 0. The zero-order valence-electron chi connectivity index (χ0n) is 8.30. The highest BCUT2D eigenvalue weighted by molar-refractivity contribution is 4.69. The smallest absolute Gasteiger partial charge is 0.0101 e. The third-order valence-corrected chi connectivity index (χ3v) is 2.47. The molecule has 0 radical (unpaired) electrons. The van der Waals surface area contributed by atoms with Gasteiger partial charge in [-0.25, -0.2) is 0 Å². The van der Waals surface area contributed by atoms with Crippen LogP contribution in [0.25, 0.3) is 0 Å². The van der Waals surface area contributed by atoms with Crippen molar-refractivity contribution in [2.45, 2.75) is 33.2 Å². The van der Waals surface area contributed by atoms with Crippen molar-refractivity contribution in [3.8, 4) is 0 Å². The Morgan fingerprint density at radius 1 is 1.36 bits per heavy atom. The van der Waals surface area contributed by atoms with Crippen molar-refractivity contribution in [1.82, 2.24) is 4.90 Å². The molecule has 11 heavy (non-hydrogen) atoms. The fourth-order valence-corrected chi connectivity index (χ4v) is 1.19. The highest BCUT2D eigenvalue weighted by Crippen LogP contribution is 2.07. The highest BCUT2D eigenvalue weighted by atomic mass is 15.1. The van der Waals surface area contributed by atoms with Crippen LogP contribution in [0.4, 0.5) is 0 Å². The summed E-state index contributed by atoms with van der Waals surface area (Å²) in [6.07, 6.45) is 1.22. The molecule has 0 rings (SSSR count). The van der Waals surface area contributed by atoms with Gasteiger partial charge in [0.2, 0.25) is 0 Å². The molecule has 0 amide bonds. The zero-order chi connectivity index (χ0) is 8.85. The fraction of sp³-hybridized carbons (Fsp3) is 1.00. The molecule has 2 atom stereocenters. The Kier molecular flexibility index (Phi) is 5.51. The molecule has 0 aliphatic carbocycles. The van der Waals surface area contributed by atoms with E-state index in [1.807, 2.05) is 0 Å². The molecule has 2 nitrogen and oxygen atoms in total. The molecular formula is C9H22N2. The van der Waals surface area contributed by atoms with Crippen molar-refractivity contribution in [2.75, 3.05) is 20.1 Å². The van der Waals surface area contributed by atoms with Crippen molar-refractivity contribution in [1.29, 1.82) is 0 Å². The minimum Gasteiger partial charge on any atom is -0.330 e. The molecule has 0 saturated heterocycles. The molecule has 0 aliphatic rings. The van der Waals surface area contributed by atoms with Crippen LogP contribution in [0.15, 0.2) is 0 Å². The highest BCUT2D eigenvalue weighted by Gasteiger charge is 2.13. The van der Waals surface area contributed by atoms with Gasteiger partial charge in [0.05, 0.1) is 0 Å². The monoisotopic (exact) mass is 158 g/mol. The molecule has 68 valence electrons. The summed E-state index contributed by atoms with van der Waals surface area (Å²) in [7, 11) is 2.17. The van der Waals surface area contributed by atoms with E-state index in [1.54, 1.807) is 0 Å². The summed E-state index contributed by atoms with van der Waals surface area (Å²) in [4.78, 5) is 2.37. The normalized spacial score (nSPS) is 16.9. The van der Waals surface area contributed by atoms with Gasteiger partial charge in [-0.15, -0.1) is 0 Å². The molecular weight excluding hydrogens is 136 g/mol. The molecule has 2 heteroatoms. The van der Waals surface area contributed by atoms with Crippen LogP contribution in [0, 0.1) is 5.92 Å². The van der Waals surface area contributed by atoms with E-state index in [-0.39, 0.29) is 0 Å². The molecule has 0 heterocycles. The third kappa shape index (κ3) is 3.73. The van der Waals surface area contributed by atoms with Crippen LogP contribution in [0.1, 0.15) is 27.2 Å². The summed E-state index contributed by atoms with van der Waals surface area (Å²) in [5.74, 6) is 0.603. The summed E-state index contributed by atoms with van der Waals surface area (Å²) in [6.45, 7) is 8.61. The average Bonchev–Trinajstić information content (AvgIpc) is 2.02. The lowest BCUT2D eigenvalue weighted by Gasteiger charge is -2.28. The first-order valence-corrected chi connectivity index (χ1v) is 4.53. The van der Waals surface area contributed by atoms with E-state index in [1.165, 1.54) is 13.0 Å². The standard InChI is InChI=1S/C9H22N2/c1-5-6-11(4)9(3)8(2)7-10/h8-9H,5-7,10H2,1-4H3. The minimum atomic E-state index is 0.603. The van der Waals surface area contributed by atoms with E-state index in [9.17, 15) is 0 Å². The Hall–Kier alpha value is -0.0800. The predicted molar refractivity (Wildman–Crippen MR) is 50.6 cm³/mol. The van der Waals surface area contributed by atoms with E-state index >= 15 is 0 Å². The largest absolute Gasteiger partial charge is 0.330 e. The molecule has 0 aliphatic heterocycles. The summed E-state index contributed by atoms with van der Waals surface area (Å²) >= 11 is 0. The number of hydrogen-bond acceptors (Lipinski definition) is 2. The zero-order valence-corrected chi connectivity index (χ0v) is 8.30. The van der Waals surface area contributed by atoms with Crippen molar-refractivity contribution in [3.05, 3.63) is 0 Å². The van der Waals surface area contributed by atoms with Crippen LogP contribution in [-0.2, 0) is 0 Å². The number of nitrogens with zero attached hydrogens (tertiary/aromatic N) is 1. The first-order valence-electron chi connectivity index (χ1n) is 4.53. The van der Waals surface area contributed by atoms with Gasteiger partial charge < -0.3 is 10.6 Å². The van der Waals surface area contributed by atoms with Crippen molar-refractivity contribution in [2.24, 2.45) is 11.7 Å². The average molecular weight is 158 g/mol. The molecule has 0 fully saturated rings. The summed E-state index contributed by atoms with van der Waals surface area (Å²) in [5.41, 5.74) is 5.58. The molecule has 2 unspecified atom stereocenters. The van der Waals surface area contributed by atoms with Crippen LogP contribution < -0.4 is 5.73 Å². The van der Waals surface area contributed by atoms with E-state index < -0.39 is 0 Å². The van der Waals surface area contributed by atoms with Crippen LogP contribution in [0.2, 0.25) is 0 Å². The van der Waals surface area contributed by atoms with E-state index in [2.05, 4.69) is 32.7 Å². The molecule has 0 saturated carbocycles. The van der Waals surface area contributed by atoms with Crippen molar-refractivity contribution >= 4 is 0 Å². The van der Waals surface area contributed by atoms with Gasteiger partial charge in [0, 0.05) is 6.04 Å². The van der Waals surface area contributed by atoms with Gasteiger partial charge in [-0.2, -0.15) is 0 Å².